The van der Waals surface area contributed by atoms with Gasteiger partial charge in [0.1, 0.15) is 5.75 Å². The summed E-state index contributed by atoms with van der Waals surface area (Å²) in [5.74, 6) is -0.367. The molecule has 1 aliphatic carbocycles. The van der Waals surface area contributed by atoms with Crippen LogP contribution in [0.2, 0.25) is 0 Å². The summed E-state index contributed by atoms with van der Waals surface area (Å²) in [6.07, 6.45) is 5.40. The average molecular weight is 379 g/mol. The largest absolute Gasteiger partial charge is 0.507 e. The Bertz CT molecular complexity index is 869. The Morgan fingerprint density at radius 2 is 1.68 bits per heavy atom. The molecule has 2 aromatic rings. The molecule has 3 rings (SSSR count). The highest BCUT2D eigenvalue weighted by molar-refractivity contribution is 6.02. The summed E-state index contributed by atoms with van der Waals surface area (Å²) in [6.45, 7) is 1.78. The molecule has 2 amide bonds. The van der Waals surface area contributed by atoms with E-state index in [1.165, 1.54) is 18.6 Å². The zero-order valence-corrected chi connectivity index (χ0v) is 15.9. The Kier molecular flexibility index (Phi) is 6.42. The first-order valence-electron chi connectivity index (χ1n) is 9.58. The van der Waals surface area contributed by atoms with Crippen molar-refractivity contribution >= 4 is 23.2 Å². The summed E-state index contributed by atoms with van der Waals surface area (Å²) in [5.41, 5.74) is 4.82. The van der Waals surface area contributed by atoms with Crippen molar-refractivity contribution in [2.75, 3.05) is 5.32 Å². The molecule has 6 nitrogen and oxygen atoms in total. The van der Waals surface area contributed by atoms with Crippen molar-refractivity contribution in [1.82, 2.24) is 5.43 Å². The molecule has 1 fully saturated rings. The first-order valence-corrected chi connectivity index (χ1v) is 9.58. The number of nitrogens with zero attached hydrogens (tertiary/aromatic N) is 1. The van der Waals surface area contributed by atoms with Crippen molar-refractivity contribution in [3.8, 4) is 5.75 Å². The molecule has 0 aliphatic heterocycles. The zero-order chi connectivity index (χ0) is 19.9. The third kappa shape index (κ3) is 4.97. The summed E-state index contributed by atoms with van der Waals surface area (Å²) < 4.78 is 0. The number of phenols is 1. The number of hydrogen-bond acceptors (Lipinski definition) is 4. The van der Waals surface area contributed by atoms with Crippen molar-refractivity contribution in [3.63, 3.8) is 0 Å². The van der Waals surface area contributed by atoms with Gasteiger partial charge in [-0.2, -0.15) is 5.10 Å². The highest BCUT2D eigenvalue weighted by Crippen LogP contribution is 2.25. The van der Waals surface area contributed by atoms with Gasteiger partial charge in [0.2, 0.25) is 5.91 Å². The van der Waals surface area contributed by atoms with E-state index in [1.807, 2.05) is 24.3 Å². The maximum atomic E-state index is 12.3. The van der Waals surface area contributed by atoms with Crippen LogP contribution in [0.1, 0.15) is 54.9 Å². The fourth-order valence-electron chi connectivity index (χ4n) is 3.33. The van der Waals surface area contributed by atoms with Gasteiger partial charge in [-0.1, -0.05) is 43.5 Å². The molecule has 0 unspecified atom stereocenters. The summed E-state index contributed by atoms with van der Waals surface area (Å²) in [5, 5.41) is 16.8. The van der Waals surface area contributed by atoms with Crippen LogP contribution >= 0.6 is 0 Å². The first kappa shape index (κ1) is 19.6. The van der Waals surface area contributed by atoms with E-state index in [1.54, 1.807) is 19.1 Å². The number of hydrogen-bond donors (Lipinski definition) is 3. The zero-order valence-electron chi connectivity index (χ0n) is 15.9. The SMILES string of the molecule is CC(=NNC(=O)c1ccccc1O)c1ccc(NC(=O)C2CCCCC2)cc1. The fraction of sp³-hybridized carbons (Fsp3) is 0.318. The number of phenolic OH excluding ortho intramolecular Hbond substituents is 1. The van der Waals surface area contributed by atoms with Gasteiger partial charge in [-0.05, 0) is 49.6 Å². The quantitative estimate of drug-likeness (QED) is 0.540. The second kappa shape index (κ2) is 9.17. The van der Waals surface area contributed by atoms with Crippen LogP contribution in [0.3, 0.4) is 0 Å². The predicted molar refractivity (Wildman–Crippen MR) is 109 cm³/mol. The van der Waals surface area contributed by atoms with Crippen molar-refractivity contribution in [2.24, 2.45) is 11.0 Å². The molecule has 3 N–H and O–H groups in total. The summed E-state index contributed by atoms with van der Waals surface area (Å²) in [7, 11) is 0. The molecule has 0 heterocycles. The van der Waals surface area contributed by atoms with Crippen molar-refractivity contribution < 1.29 is 14.7 Å². The highest BCUT2D eigenvalue weighted by Gasteiger charge is 2.21. The Balaban J connectivity index is 1.59. The van der Waals surface area contributed by atoms with Gasteiger partial charge >= 0.3 is 0 Å². The van der Waals surface area contributed by atoms with Gasteiger partial charge in [0.25, 0.3) is 5.91 Å². The lowest BCUT2D eigenvalue weighted by molar-refractivity contribution is -0.120. The molecule has 146 valence electrons. The molecule has 6 heteroatoms. The average Bonchev–Trinajstić information content (AvgIpc) is 2.73. The van der Waals surface area contributed by atoms with Gasteiger partial charge in [0, 0.05) is 11.6 Å². The number of para-hydroxylation sites is 1. The van der Waals surface area contributed by atoms with Crippen LogP contribution in [-0.4, -0.2) is 22.6 Å². The number of carbonyl (C=O) groups excluding carboxylic acids is 2. The number of amides is 2. The van der Waals surface area contributed by atoms with Crippen LogP contribution in [0.15, 0.2) is 53.6 Å². The number of anilines is 1. The molecule has 0 aromatic heterocycles. The molecule has 2 aromatic carbocycles. The lowest BCUT2D eigenvalue weighted by Gasteiger charge is -2.20. The summed E-state index contributed by atoms with van der Waals surface area (Å²) >= 11 is 0. The van der Waals surface area contributed by atoms with E-state index in [2.05, 4.69) is 15.8 Å². The minimum absolute atomic E-state index is 0.0905. The van der Waals surface area contributed by atoms with Gasteiger partial charge in [-0.15, -0.1) is 0 Å². The number of aromatic hydroxyl groups is 1. The smallest absolute Gasteiger partial charge is 0.275 e. The first-order chi connectivity index (χ1) is 13.5. The standard InChI is InChI=1S/C22H25N3O3/c1-15(24-25-22(28)19-9-5-6-10-20(19)26)16-11-13-18(14-12-16)23-21(27)17-7-3-2-4-8-17/h5-6,9-14,17,26H,2-4,7-8H2,1H3,(H,23,27)(H,25,28). The van der Waals surface area contributed by atoms with Gasteiger partial charge < -0.3 is 10.4 Å². The van der Waals surface area contributed by atoms with E-state index in [0.717, 1.165) is 36.9 Å². The van der Waals surface area contributed by atoms with Crippen molar-refractivity contribution in [1.29, 1.82) is 0 Å². The number of benzene rings is 2. The molecule has 1 saturated carbocycles. The molecule has 1 aliphatic rings. The number of hydrazone groups is 1. The van der Waals surface area contributed by atoms with Gasteiger partial charge in [-0.3, -0.25) is 9.59 Å². The van der Waals surface area contributed by atoms with E-state index in [-0.39, 0.29) is 23.1 Å². The molecule has 0 bridgehead atoms. The second-order valence-corrected chi connectivity index (χ2v) is 7.06. The Hall–Kier alpha value is -3.15. The minimum atomic E-state index is -0.478. The van der Waals surface area contributed by atoms with E-state index in [4.69, 9.17) is 0 Å². The number of carbonyl (C=O) groups is 2. The Morgan fingerprint density at radius 1 is 1.00 bits per heavy atom. The van der Waals surface area contributed by atoms with Crippen LogP contribution < -0.4 is 10.7 Å². The minimum Gasteiger partial charge on any atom is -0.507 e. The van der Waals surface area contributed by atoms with Crippen LogP contribution in [0.5, 0.6) is 5.75 Å². The maximum Gasteiger partial charge on any atom is 0.275 e. The molecule has 0 atom stereocenters. The lowest BCUT2D eigenvalue weighted by Crippen LogP contribution is -2.24. The molecule has 0 spiro atoms. The molecule has 0 radical (unpaired) electrons. The van der Waals surface area contributed by atoms with Crippen LogP contribution in [-0.2, 0) is 4.79 Å². The van der Waals surface area contributed by atoms with Crippen LogP contribution in [0.25, 0.3) is 0 Å². The third-order valence-electron chi connectivity index (χ3n) is 5.02. The fourth-order valence-corrected chi connectivity index (χ4v) is 3.33. The molecule has 28 heavy (non-hydrogen) atoms. The van der Waals surface area contributed by atoms with Gasteiger partial charge in [-0.25, -0.2) is 5.43 Å². The summed E-state index contributed by atoms with van der Waals surface area (Å²) in [4.78, 5) is 24.4. The van der Waals surface area contributed by atoms with E-state index >= 15 is 0 Å². The Morgan fingerprint density at radius 3 is 2.36 bits per heavy atom. The van der Waals surface area contributed by atoms with E-state index in [0.29, 0.717) is 5.71 Å². The van der Waals surface area contributed by atoms with Crippen molar-refractivity contribution in [3.05, 3.63) is 59.7 Å². The molecule has 0 saturated heterocycles. The number of nitrogens with one attached hydrogen (secondary N) is 2. The molecular formula is C22H25N3O3. The molecular weight excluding hydrogens is 354 g/mol. The van der Waals surface area contributed by atoms with Gasteiger partial charge in [0.15, 0.2) is 0 Å². The lowest BCUT2D eigenvalue weighted by atomic mass is 9.88. The highest BCUT2D eigenvalue weighted by atomic mass is 16.3. The van der Waals surface area contributed by atoms with Crippen molar-refractivity contribution in [2.45, 2.75) is 39.0 Å². The third-order valence-corrected chi connectivity index (χ3v) is 5.02. The van der Waals surface area contributed by atoms with Crippen LogP contribution in [0.4, 0.5) is 5.69 Å². The normalized spacial score (nSPS) is 15.1. The second-order valence-electron chi connectivity index (χ2n) is 7.06. The maximum absolute atomic E-state index is 12.3. The van der Waals surface area contributed by atoms with E-state index < -0.39 is 5.91 Å². The van der Waals surface area contributed by atoms with E-state index in [9.17, 15) is 14.7 Å². The Labute approximate surface area is 164 Å². The van der Waals surface area contributed by atoms with Crippen LogP contribution in [0, 0.1) is 5.92 Å². The number of rotatable bonds is 5. The predicted octanol–water partition coefficient (Wildman–Crippen LogP) is 4.07. The topological polar surface area (TPSA) is 90.8 Å². The van der Waals surface area contributed by atoms with Gasteiger partial charge in [0.05, 0.1) is 11.3 Å². The summed E-state index contributed by atoms with van der Waals surface area (Å²) in [6, 6.07) is 13.7. The monoisotopic (exact) mass is 379 g/mol.